The van der Waals surface area contributed by atoms with Crippen LogP contribution in [0.2, 0.25) is 5.02 Å². The number of rotatable bonds is 8. The van der Waals surface area contributed by atoms with Crippen LogP contribution in [0, 0.1) is 0 Å². The third-order valence-electron chi connectivity index (χ3n) is 3.34. The van der Waals surface area contributed by atoms with Crippen molar-refractivity contribution in [2.75, 3.05) is 6.61 Å². The number of hydrogen-bond acceptors (Lipinski definition) is 3. The molecule has 1 aromatic carbocycles. The van der Waals surface area contributed by atoms with Gasteiger partial charge in [-0.15, -0.1) is 0 Å². The number of halogens is 1. The fourth-order valence-electron chi connectivity index (χ4n) is 1.97. The van der Waals surface area contributed by atoms with Crippen LogP contribution in [0.4, 0.5) is 0 Å². The Morgan fingerprint density at radius 3 is 2.42 bits per heavy atom. The molecule has 0 aliphatic carbocycles. The second kappa shape index (κ2) is 7.85. The summed E-state index contributed by atoms with van der Waals surface area (Å²) in [6.45, 7) is 3.87. The Bertz CT molecular complexity index is 377. The molecule has 4 heteroatoms. The molecule has 0 heterocycles. The monoisotopic (exact) mass is 286 g/mol. The Balaban J connectivity index is 2.92. The summed E-state index contributed by atoms with van der Waals surface area (Å²) >= 11 is 6.19. The molecular weight excluding hydrogens is 264 g/mol. The van der Waals surface area contributed by atoms with Crippen molar-refractivity contribution in [1.29, 1.82) is 0 Å². The fourth-order valence-corrected chi connectivity index (χ4v) is 2.23. The Hall–Kier alpha value is -0.610. The van der Waals surface area contributed by atoms with E-state index in [9.17, 15) is 5.11 Å². The second-order valence-corrected chi connectivity index (χ2v) is 5.05. The number of aliphatic hydroxyl groups excluding tert-OH is 1. The topological polar surface area (TPSA) is 49.7 Å². The fraction of sp³-hybridized carbons (Fsp3) is 0.600. The zero-order valence-electron chi connectivity index (χ0n) is 11.6. The van der Waals surface area contributed by atoms with Crippen molar-refractivity contribution in [1.82, 2.24) is 0 Å². The summed E-state index contributed by atoms with van der Waals surface area (Å²) in [6.07, 6.45) is 1.97. The maximum absolute atomic E-state index is 10.3. The Kier molecular flexibility index (Phi) is 6.80. The van der Waals surface area contributed by atoms with Crippen LogP contribution in [0.25, 0.3) is 0 Å². The zero-order valence-corrected chi connectivity index (χ0v) is 12.4. The van der Waals surface area contributed by atoms with E-state index in [1.807, 2.05) is 38.1 Å². The molecule has 0 unspecified atom stereocenters. The van der Waals surface area contributed by atoms with Gasteiger partial charge in [-0.1, -0.05) is 43.6 Å². The minimum Gasteiger partial charge on any atom is -0.396 e. The van der Waals surface area contributed by atoms with E-state index in [4.69, 9.17) is 21.4 Å². The normalized spacial score (nSPS) is 13.5. The van der Waals surface area contributed by atoms with E-state index >= 15 is 0 Å². The van der Waals surface area contributed by atoms with Crippen LogP contribution in [0.1, 0.15) is 51.2 Å². The van der Waals surface area contributed by atoms with E-state index in [0.29, 0.717) is 30.7 Å². The van der Waals surface area contributed by atoms with Crippen molar-refractivity contribution in [3.63, 3.8) is 0 Å². The molecule has 1 atom stereocenters. The van der Waals surface area contributed by atoms with Gasteiger partial charge in [0.1, 0.15) is 0 Å². The van der Waals surface area contributed by atoms with Crippen molar-refractivity contribution < 1.29 is 14.9 Å². The highest BCUT2D eigenvalue weighted by molar-refractivity contribution is 6.31. The molecule has 0 aliphatic rings. The molecule has 1 rings (SSSR count). The van der Waals surface area contributed by atoms with E-state index < -0.39 is 5.79 Å². The maximum Gasteiger partial charge on any atom is 0.165 e. The first-order chi connectivity index (χ1) is 9.06. The van der Waals surface area contributed by atoms with Crippen LogP contribution in [0.5, 0.6) is 0 Å². The highest BCUT2D eigenvalue weighted by Crippen LogP contribution is 2.34. The molecule has 1 aromatic rings. The molecule has 0 saturated carbocycles. The lowest BCUT2D eigenvalue weighted by molar-refractivity contribution is -0.237. The number of hydrogen-bond donors (Lipinski definition) is 2. The highest BCUT2D eigenvalue weighted by Gasteiger charge is 2.28. The minimum absolute atomic E-state index is 0.0982. The van der Waals surface area contributed by atoms with Gasteiger partial charge in [0.15, 0.2) is 5.79 Å². The van der Waals surface area contributed by atoms with Gasteiger partial charge in [-0.3, -0.25) is 0 Å². The number of ether oxygens (including phenoxy) is 1. The third kappa shape index (κ3) is 4.77. The van der Waals surface area contributed by atoms with Gasteiger partial charge in [0.05, 0.1) is 6.10 Å². The van der Waals surface area contributed by atoms with Crippen LogP contribution in [0.3, 0.4) is 0 Å². The van der Waals surface area contributed by atoms with Crippen molar-refractivity contribution in [3.05, 3.63) is 34.9 Å². The summed E-state index contributed by atoms with van der Waals surface area (Å²) in [6, 6.07) is 7.47. The first-order valence-corrected chi connectivity index (χ1v) is 7.19. The van der Waals surface area contributed by atoms with Crippen LogP contribution in [-0.4, -0.2) is 22.6 Å². The summed E-state index contributed by atoms with van der Waals surface area (Å²) in [7, 11) is 0. The quantitative estimate of drug-likeness (QED) is 0.717. The smallest absolute Gasteiger partial charge is 0.165 e. The SMILES string of the molecule is CCC(O)(CC)O[C@H](CCCO)c1ccccc1Cl. The van der Waals surface area contributed by atoms with E-state index in [0.717, 1.165) is 5.56 Å². The van der Waals surface area contributed by atoms with E-state index in [1.54, 1.807) is 0 Å². The van der Waals surface area contributed by atoms with Gasteiger partial charge in [-0.2, -0.15) is 0 Å². The van der Waals surface area contributed by atoms with Crippen LogP contribution in [-0.2, 0) is 4.74 Å². The summed E-state index contributed by atoms with van der Waals surface area (Å²) in [5.41, 5.74) is 0.859. The van der Waals surface area contributed by atoms with Gasteiger partial charge < -0.3 is 14.9 Å². The van der Waals surface area contributed by atoms with Gasteiger partial charge in [0.2, 0.25) is 0 Å². The standard InChI is InChI=1S/C15H23ClO3/c1-3-15(18,4-2)19-14(10-7-11-17)12-8-5-6-9-13(12)16/h5-6,8-9,14,17-18H,3-4,7,10-11H2,1-2H3/t14-/m1/s1. The molecule has 19 heavy (non-hydrogen) atoms. The van der Waals surface area contributed by atoms with Crippen molar-refractivity contribution in [3.8, 4) is 0 Å². The summed E-state index contributed by atoms with van der Waals surface area (Å²) in [5, 5.41) is 19.9. The maximum atomic E-state index is 10.3. The second-order valence-electron chi connectivity index (χ2n) is 4.65. The molecule has 0 aromatic heterocycles. The molecule has 0 bridgehead atoms. The predicted molar refractivity (Wildman–Crippen MR) is 77.1 cm³/mol. The minimum atomic E-state index is -1.14. The van der Waals surface area contributed by atoms with Crippen LogP contribution < -0.4 is 0 Å². The van der Waals surface area contributed by atoms with E-state index in [-0.39, 0.29) is 12.7 Å². The van der Waals surface area contributed by atoms with Gasteiger partial charge in [0.25, 0.3) is 0 Å². The summed E-state index contributed by atoms with van der Waals surface area (Å²) < 4.78 is 5.87. The summed E-state index contributed by atoms with van der Waals surface area (Å²) in [4.78, 5) is 0. The van der Waals surface area contributed by atoms with Gasteiger partial charge >= 0.3 is 0 Å². The molecule has 0 fully saturated rings. The van der Waals surface area contributed by atoms with E-state index in [2.05, 4.69) is 0 Å². The van der Waals surface area contributed by atoms with Crippen molar-refractivity contribution >= 4 is 11.6 Å². The average molecular weight is 287 g/mol. The van der Waals surface area contributed by atoms with Gasteiger partial charge in [-0.25, -0.2) is 0 Å². The highest BCUT2D eigenvalue weighted by atomic mass is 35.5. The molecule has 0 saturated heterocycles. The molecule has 2 N–H and O–H groups in total. The van der Waals surface area contributed by atoms with Crippen molar-refractivity contribution in [2.24, 2.45) is 0 Å². The molecule has 0 amide bonds. The Labute approximate surface area is 120 Å². The Morgan fingerprint density at radius 1 is 1.26 bits per heavy atom. The molecule has 0 radical (unpaired) electrons. The third-order valence-corrected chi connectivity index (χ3v) is 3.69. The average Bonchev–Trinajstić information content (AvgIpc) is 2.44. The Morgan fingerprint density at radius 2 is 1.89 bits per heavy atom. The predicted octanol–water partition coefficient (Wildman–Crippen LogP) is 3.68. The van der Waals surface area contributed by atoms with Gasteiger partial charge in [-0.05, 0) is 37.3 Å². The molecule has 0 spiro atoms. The van der Waals surface area contributed by atoms with E-state index in [1.165, 1.54) is 0 Å². The lowest BCUT2D eigenvalue weighted by Crippen LogP contribution is -2.32. The number of benzene rings is 1. The molecular formula is C15H23ClO3. The lowest BCUT2D eigenvalue weighted by atomic mass is 10.0. The first-order valence-electron chi connectivity index (χ1n) is 6.81. The summed E-state index contributed by atoms with van der Waals surface area (Å²) in [5.74, 6) is -1.14. The van der Waals surface area contributed by atoms with Crippen molar-refractivity contribution in [2.45, 2.75) is 51.4 Å². The van der Waals surface area contributed by atoms with Crippen LogP contribution in [0.15, 0.2) is 24.3 Å². The molecule has 0 aliphatic heterocycles. The van der Waals surface area contributed by atoms with Crippen LogP contribution >= 0.6 is 11.6 Å². The first kappa shape index (κ1) is 16.4. The molecule has 3 nitrogen and oxygen atoms in total. The zero-order chi connectivity index (χ0) is 14.3. The van der Waals surface area contributed by atoms with Gasteiger partial charge in [0, 0.05) is 11.6 Å². The largest absolute Gasteiger partial charge is 0.396 e. The molecule has 108 valence electrons. The lowest BCUT2D eigenvalue weighted by Gasteiger charge is -2.31. The number of aliphatic hydroxyl groups is 2.